The molecular weight excluding hydrogens is 240 g/mol. The molecule has 3 heteroatoms. The van der Waals surface area contributed by atoms with E-state index in [2.05, 4.69) is 12.1 Å². The summed E-state index contributed by atoms with van der Waals surface area (Å²) in [6, 6.07) is 17.4. The van der Waals surface area contributed by atoms with Crippen molar-refractivity contribution >= 4 is 0 Å². The summed E-state index contributed by atoms with van der Waals surface area (Å²) in [5.74, 6) is 0.250. The maximum absolute atomic E-state index is 9.66. The van der Waals surface area contributed by atoms with Crippen LogP contribution in [-0.2, 0) is 21.5 Å². The van der Waals surface area contributed by atoms with Crippen LogP contribution in [0.4, 0.5) is 0 Å². The summed E-state index contributed by atoms with van der Waals surface area (Å²) >= 11 is 0. The molecule has 3 nitrogen and oxygen atoms in total. The van der Waals surface area contributed by atoms with Gasteiger partial charge in [-0.3, -0.25) is 0 Å². The fraction of sp³-hybridized carbons (Fsp3) is 0.250. The Morgan fingerprint density at radius 3 is 2.58 bits per heavy atom. The molecule has 0 radical (unpaired) electrons. The summed E-state index contributed by atoms with van der Waals surface area (Å²) < 4.78 is 11.3. The van der Waals surface area contributed by atoms with E-state index in [1.807, 2.05) is 30.3 Å². The van der Waals surface area contributed by atoms with Gasteiger partial charge in [0.05, 0.1) is 6.61 Å². The van der Waals surface area contributed by atoms with Crippen LogP contribution >= 0.6 is 0 Å². The molecule has 19 heavy (non-hydrogen) atoms. The molecule has 0 saturated carbocycles. The number of rotatable bonds is 3. The van der Waals surface area contributed by atoms with Crippen LogP contribution in [0.1, 0.15) is 11.1 Å². The van der Waals surface area contributed by atoms with Crippen molar-refractivity contribution in [3.8, 4) is 5.75 Å². The molecule has 0 bridgehead atoms. The molecule has 1 saturated heterocycles. The summed E-state index contributed by atoms with van der Waals surface area (Å²) in [6.45, 7) is 0.799. The Morgan fingerprint density at radius 2 is 1.89 bits per heavy atom. The highest BCUT2D eigenvalue weighted by Crippen LogP contribution is 2.35. The lowest BCUT2D eigenvalue weighted by Crippen LogP contribution is -2.31. The molecule has 3 rings (SSSR count). The van der Waals surface area contributed by atoms with Gasteiger partial charge in [-0.15, -0.1) is 0 Å². The number of ether oxygens (including phenoxy) is 2. The molecule has 1 fully saturated rings. The van der Waals surface area contributed by atoms with Gasteiger partial charge < -0.3 is 14.6 Å². The van der Waals surface area contributed by atoms with E-state index in [-0.39, 0.29) is 5.75 Å². The maximum Gasteiger partial charge on any atom is 0.148 e. The molecule has 0 amide bonds. The predicted molar refractivity (Wildman–Crippen MR) is 71.8 cm³/mol. The van der Waals surface area contributed by atoms with Crippen LogP contribution in [0.25, 0.3) is 0 Å². The number of aromatic hydroxyl groups is 1. The van der Waals surface area contributed by atoms with Crippen LogP contribution in [0.5, 0.6) is 5.75 Å². The van der Waals surface area contributed by atoms with Crippen molar-refractivity contribution < 1.29 is 14.6 Å². The van der Waals surface area contributed by atoms with E-state index in [1.165, 1.54) is 5.56 Å². The molecule has 2 aromatic rings. The second-order valence-corrected chi connectivity index (χ2v) is 4.82. The first-order valence-electron chi connectivity index (χ1n) is 6.34. The van der Waals surface area contributed by atoms with E-state index < -0.39 is 5.60 Å². The van der Waals surface area contributed by atoms with Gasteiger partial charge in [0.15, 0.2) is 0 Å². The standard InChI is InChI=1S/C16H16O3/c17-15-8-4-7-14(9-15)16(11-18-12-19-16)10-13-5-2-1-3-6-13/h1-9,17H,10-12H2. The van der Waals surface area contributed by atoms with Crippen molar-refractivity contribution in [2.24, 2.45) is 0 Å². The fourth-order valence-electron chi connectivity index (χ4n) is 2.49. The van der Waals surface area contributed by atoms with E-state index >= 15 is 0 Å². The summed E-state index contributed by atoms with van der Waals surface area (Å²) in [5.41, 5.74) is 1.64. The molecule has 2 aromatic carbocycles. The van der Waals surface area contributed by atoms with Gasteiger partial charge in [-0.05, 0) is 23.3 Å². The van der Waals surface area contributed by atoms with E-state index in [0.29, 0.717) is 13.4 Å². The smallest absolute Gasteiger partial charge is 0.148 e. The number of benzene rings is 2. The topological polar surface area (TPSA) is 38.7 Å². The van der Waals surface area contributed by atoms with Crippen LogP contribution in [-0.4, -0.2) is 18.5 Å². The first-order chi connectivity index (χ1) is 9.28. The molecule has 0 aromatic heterocycles. The third-order valence-corrected chi connectivity index (χ3v) is 3.46. The minimum atomic E-state index is -0.500. The summed E-state index contributed by atoms with van der Waals surface area (Å²) in [7, 11) is 0. The average Bonchev–Trinajstić information content (AvgIpc) is 2.90. The Hall–Kier alpha value is -1.84. The van der Waals surface area contributed by atoms with Gasteiger partial charge in [-0.1, -0.05) is 42.5 Å². The van der Waals surface area contributed by atoms with Crippen molar-refractivity contribution in [1.29, 1.82) is 0 Å². The number of hydrogen-bond acceptors (Lipinski definition) is 3. The Labute approximate surface area is 112 Å². The lowest BCUT2D eigenvalue weighted by Gasteiger charge is -2.27. The van der Waals surface area contributed by atoms with Crippen molar-refractivity contribution in [3.63, 3.8) is 0 Å². The monoisotopic (exact) mass is 256 g/mol. The zero-order valence-electron chi connectivity index (χ0n) is 10.6. The van der Waals surface area contributed by atoms with E-state index in [9.17, 15) is 5.11 Å². The molecule has 1 unspecified atom stereocenters. The van der Waals surface area contributed by atoms with Crippen LogP contribution < -0.4 is 0 Å². The number of hydrogen-bond donors (Lipinski definition) is 1. The molecule has 98 valence electrons. The fourth-order valence-corrected chi connectivity index (χ4v) is 2.49. The van der Waals surface area contributed by atoms with Gasteiger partial charge in [-0.25, -0.2) is 0 Å². The molecule has 1 atom stereocenters. The average molecular weight is 256 g/mol. The third-order valence-electron chi connectivity index (χ3n) is 3.46. The second-order valence-electron chi connectivity index (χ2n) is 4.82. The molecule has 1 heterocycles. The minimum absolute atomic E-state index is 0.250. The first-order valence-corrected chi connectivity index (χ1v) is 6.34. The molecule has 1 N–H and O–H groups in total. The van der Waals surface area contributed by atoms with Crippen LogP contribution in [0.15, 0.2) is 54.6 Å². The van der Waals surface area contributed by atoms with Gasteiger partial charge in [0.1, 0.15) is 18.1 Å². The van der Waals surface area contributed by atoms with Gasteiger partial charge in [0.25, 0.3) is 0 Å². The Bertz CT molecular complexity index is 545. The lowest BCUT2D eigenvalue weighted by atomic mass is 9.88. The van der Waals surface area contributed by atoms with Gasteiger partial charge in [0, 0.05) is 6.42 Å². The van der Waals surface area contributed by atoms with Crippen LogP contribution in [0, 0.1) is 0 Å². The van der Waals surface area contributed by atoms with Crippen molar-refractivity contribution in [1.82, 2.24) is 0 Å². The van der Waals surface area contributed by atoms with Crippen molar-refractivity contribution in [2.75, 3.05) is 13.4 Å². The highest BCUT2D eigenvalue weighted by Gasteiger charge is 2.38. The van der Waals surface area contributed by atoms with E-state index in [0.717, 1.165) is 12.0 Å². The maximum atomic E-state index is 9.66. The number of phenols is 1. The Morgan fingerprint density at radius 1 is 1.05 bits per heavy atom. The predicted octanol–water partition coefficient (Wildman–Crippen LogP) is 2.83. The molecule has 0 aliphatic carbocycles. The number of phenolic OH excluding ortho intramolecular Hbond substituents is 1. The summed E-state index contributed by atoms with van der Waals surface area (Å²) in [5, 5.41) is 9.66. The SMILES string of the molecule is Oc1cccc(C2(Cc3ccccc3)COCO2)c1. The summed E-state index contributed by atoms with van der Waals surface area (Å²) in [6.07, 6.45) is 0.733. The largest absolute Gasteiger partial charge is 0.508 e. The second kappa shape index (κ2) is 5.03. The molecule has 1 aliphatic heterocycles. The van der Waals surface area contributed by atoms with Gasteiger partial charge >= 0.3 is 0 Å². The zero-order valence-corrected chi connectivity index (χ0v) is 10.6. The van der Waals surface area contributed by atoms with Gasteiger partial charge in [0.2, 0.25) is 0 Å². The molecule has 1 aliphatic rings. The highest BCUT2D eigenvalue weighted by molar-refractivity contribution is 5.34. The summed E-state index contributed by atoms with van der Waals surface area (Å²) in [4.78, 5) is 0. The van der Waals surface area contributed by atoms with Crippen molar-refractivity contribution in [2.45, 2.75) is 12.0 Å². The Kier molecular flexibility index (Phi) is 3.23. The highest BCUT2D eigenvalue weighted by atomic mass is 16.7. The van der Waals surface area contributed by atoms with Crippen LogP contribution in [0.2, 0.25) is 0 Å². The zero-order chi connectivity index (χ0) is 13.1. The van der Waals surface area contributed by atoms with Crippen LogP contribution in [0.3, 0.4) is 0 Å². The normalized spacial score (nSPS) is 22.5. The Balaban J connectivity index is 1.95. The molecular formula is C16H16O3. The van der Waals surface area contributed by atoms with E-state index in [4.69, 9.17) is 9.47 Å². The lowest BCUT2D eigenvalue weighted by molar-refractivity contribution is -0.0116. The van der Waals surface area contributed by atoms with E-state index in [1.54, 1.807) is 12.1 Å². The van der Waals surface area contributed by atoms with Gasteiger partial charge in [-0.2, -0.15) is 0 Å². The third kappa shape index (κ3) is 2.48. The quantitative estimate of drug-likeness (QED) is 0.917. The molecule has 0 spiro atoms. The first kappa shape index (κ1) is 12.2. The van der Waals surface area contributed by atoms with Crippen molar-refractivity contribution in [3.05, 3.63) is 65.7 Å². The minimum Gasteiger partial charge on any atom is -0.508 e.